The van der Waals surface area contributed by atoms with Crippen LogP contribution in [0.15, 0.2) is 41.8 Å². The molecule has 2 rings (SSSR count). The molecule has 2 aromatic rings. The molecular weight excluding hydrogens is 289 g/mol. The Bertz CT molecular complexity index is 600. The van der Waals surface area contributed by atoms with Gasteiger partial charge >= 0.3 is 0 Å². The number of hydrogen-bond acceptors (Lipinski definition) is 3. The molecule has 0 radical (unpaired) electrons. The number of carbonyl (C=O) groups is 1. The molecule has 0 saturated heterocycles. The van der Waals surface area contributed by atoms with Crippen molar-refractivity contribution in [2.75, 3.05) is 12.3 Å². The van der Waals surface area contributed by atoms with Crippen molar-refractivity contribution in [3.63, 3.8) is 0 Å². The van der Waals surface area contributed by atoms with Crippen LogP contribution < -0.4 is 5.32 Å². The molecule has 0 atom stereocenters. The average Bonchev–Trinajstić information content (AvgIpc) is 2.94. The summed E-state index contributed by atoms with van der Waals surface area (Å²) in [5.41, 5.74) is 0.696. The fourth-order valence-electron chi connectivity index (χ4n) is 1.80. The Morgan fingerprint density at radius 3 is 3.10 bits per heavy atom. The predicted octanol–water partition coefficient (Wildman–Crippen LogP) is 3.02. The summed E-state index contributed by atoms with van der Waals surface area (Å²) in [6.07, 6.45) is 5.43. The van der Waals surface area contributed by atoms with E-state index >= 15 is 0 Å². The summed E-state index contributed by atoms with van der Waals surface area (Å²) in [4.78, 5) is 15.9. The zero-order chi connectivity index (χ0) is 15.1. The van der Waals surface area contributed by atoms with E-state index in [0.717, 1.165) is 12.8 Å². The van der Waals surface area contributed by atoms with Crippen molar-refractivity contribution in [3.05, 3.63) is 42.5 Å². The molecular formula is C15H18FN3OS. The highest BCUT2D eigenvalue weighted by Gasteiger charge is 2.09. The molecule has 0 bridgehead atoms. The Hall–Kier alpha value is -1.82. The molecule has 1 N–H and O–H groups in total. The molecule has 21 heavy (non-hydrogen) atoms. The lowest BCUT2D eigenvalue weighted by atomic mass is 10.3. The molecule has 6 heteroatoms. The number of rotatable bonds is 7. The topological polar surface area (TPSA) is 46.9 Å². The maximum Gasteiger partial charge on any atom is 0.230 e. The first-order valence-electron chi connectivity index (χ1n) is 6.89. The van der Waals surface area contributed by atoms with Gasteiger partial charge in [0.25, 0.3) is 0 Å². The second kappa shape index (κ2) is 7.83. The Morgan fingerprint density at radius 1 is 1.48 bits per heavy atom. The van der Waals surface area contributed by atoms with Crippen LogP contribution in [0.3, 0.4) is 0 Å². The molecule has 0 aliphatic carbocycles. The Morgan fingerprint density at radius 2 is 2.33 bits per heavy atom. The highest BCUT2D eigenvalue weighted by Crippen LogP contribution is 2.20. The molecule has 0 aliphatic heterocycles. The van der Waals surface area contributed by atoms with E-state index in [2.05, 4.69) is 17.2 Å². The van der Waals surface area contributed by atoms with Crippen molar-refractivity contribution in [1.29, 1.82) is 0 Å². The van der Waals surface area contributed by atoms with Crippen LogP contribution in [0.1, 0.15) is 19.8 Å². The van der Waals surface area contributed by atoms with Crippen LogP contribution in [0, 0.1) is 5.82 Å². The minimum atomic E-state index is -0.297. The van der Waals surface area contributed by atoms with Crippen LogP contribution in [-0.4, -0.2) is 27.8 Å². The van der Waals surface area contributed by atoms with E-state index in [1.54, 1.807) is 29.1 Å². The van der Waals surface area contributed by atoms with Crippen LogP contribution in [-0.2, 0) is 4.79 Å². The van der Waals surface area contributed by atoms with Gasteiger partial charge in [0.15, 0.2) is 5.16 Å². The Labute approximate surface area is 127 Å². The van der Waals surface area contributed by atoms with Gasteiger partial charge in [0.1, 0.15) is 5.82 Å². The average molecular weight is 307 g/mol. The van der Waals surface area contributed by atoms with Gasteiger partial charge in [-0.1, -0.05) is 31.2 Å². The fraction of sp³-hybridized carbons (Fsp3) is 0.333. The number of carbonyl (C=O) groups excluding carboxylic acids is 1. The largest absolute Gasteiger partial charge is 0.355 e. The van der Waals surface area contributed by atoms with Gasteiger partial charge < -0.3 is 5.32 Å². The van der Waals surface area contributed by atoms with Gasteiger partial charge in [0, 0.05) is 18.9 Å². The maximum absolute atomic E-state index is 13.3. The zero-order valence-corrected chi connectivity index (χ0v) is 12.7. The number of nitrogens with zero attached hydrogens (tertiary/aromatic N) is 2. The van der Waals surface area contributed by atoms with Gasteiger partial charge in [-0.3, -0.25) is 9.36 Å². The van der Waals surface area contributed by atoms with Crippen molar-refractivity contribution < 1.29 is 9.18 Å². The quantitative estimate of drug-likeness (QED) is 0.632. The third-order valence-electron chi connectivity index (χ3n) is 2.88. The molecule has 0 fully saturated rings. The summed E-state index contributed by atoms with van der Waals surface area (Å²) in [6.45, 7) is 2.78. The fourth-order valence-corrected chi connectivity index (χ4v) is 2.61. The monoisotopic (exact) mass is 307 g/mol. The van der Waals surface area contributed by atoms with E-state index in [4.69, 9.17) is 0 Å². The van der Waals surface area contributed by atoms with E-state index < -0.39 is 0 Å². The second-order valence-corrected chi connectivity index (χ2v) is 5.49. The first-order chi connectivity index (χ1) is 10.2. The molecule has 0 spiro atoms. The maximum atomic E-state index is 13.3. The van der Waals surface area contributed by atoms with Gasteiger partial charge in [-0.25, -0.2) is 9.37 Å². The lowest BCUT2D eigenvalue weighted by molar-refractivity contribution is -0.118. The number of halogens is 1. The standard InChI is InChI=1S/C15H18FN3OS/c1-2-3-7-17-14(20)11-21-15-18-8-9-19(15)13-6-4-5-12(16)10-13/h4-6,8-10H,2-3,7,11H2,1H3,(H,17,20). The number of aromatic nitrogens is 2. The van der Waals surface area contributed by atoms with E-state index in [9.17, 15) is 9.18 Å². The second-order valence-electron chi connectivity index (χ2n) is 4.55. The van der Waals surface area contributed by atoms with Gasteiger partial charge in [-0.05, 0) is 24.6 Å². The summed E-state index contributed by atoms with van der Waals surface area (Å²) in [7, 11) is 0. The van der Waals surface area contributed by atoms with E-state index in [0.29, 0.717) is 23.1 Å². The van der Waals surface area contributed by atoms with Crippen molar-refractivity contribution >= 4 is 17.7 Å². The van der Waals surface area contributed by atoms with E-state index in [1.165, 1.54) is 23.9 Å². The number of nitrogens with one attached hydrogen (secondary N) is 1. The first kappa shape index (κ1) is 15.6. The third-order valence-corrected chi connectivity index (χ3v) is 3.84. The van der Waals surface area contributed by atoms with Crippen LogP contribution in [0.5, 0.6) is 0 Å². The van der Waals surface area contributed by atoms with Crippen LogP contribution >= 0.6 is 11.8 Å². The molecule has 1 aromatic carbocycles. The van der Waals surface area contributed by atoms with E-state index in [1.807, 2.05) is 0 Å². The minimum absolute atomic E-state index is 0.0118. The molecule has 1 aromatic heterocycles. The molecule has 1 amide bonds. The molecule has 0 aliphatic rings. The SMILES string of the molecule is CCCCNC(=O)CSc1nccn1-c1cccc(F)c1. The molecule has 112 valence electrons. The predicted molar refractivity (Wildman–Crippen MR) is 82.2 cm³/mol. The molecule has 4 nitrogen and oxygen atoms in total. The number of imidazole rings is 1. The van der Waals surface area contributed by atoms with Crippen LogP contribution in [0.4, 0.5) is 4.39 Å². The zero-order valence-electron chi connectivity index (χ0n) is 11.9. The minimum Gasteiger partial charge on any atom is -0.355 e. The van der Waals surface area contributed by atoms with Crippen molar-refractivity contribution in [3.8, 4) is 5.69 Å². The highest BCUT2D eigenvalue weighted by atomic mass is 32.2. The smallest absolute Gasteiger partial charge is 0.230 e. The number of benzene rings is 1. The summed E-state index contributed by atoms with van der Waals surface area (Å²) in [5.74, 6) is -0.00698. The lowest BCUT2D eigenvalue weighted by Crippen LogP contribution is -2.26. The Kier molecular flexibility index (Phi) is 5.80. The summed E-state index contributed by atoms with van der Waals surface area (Å²) in [6, 6.07) is 6.29. The van der Waals surface area contributed by atoms with E-state index in [-0.39, 0.29) is 11.7 Å². The Balaban J connectivity index is 1.96. The summed E-state index contributed by atoms with van der Waals surface area (Å²) >= 11 is 1.34. The molecule has 0 unspecified atom stereocenters. The first-order valence-corrected chi connectivity index (χ1v) is 7.88. The number of amides is 1. The van der Waals surface area contributed by atoms with Crippen LogP contribution in [0.2, 0.25) is 0 Å². The highest BCUT2D eigenvalue weighted by molar-refractivity contribution is 7.99. The van der Waals surface area contributed by atoms with Crippen molar-refractivity contribution in [2.24, 2.45) is 0 Å². The van der Waals surface area contributed by atoms with Gasteiger partial charge in [-0.2, -0.15) is 0 Å². The van der Waals surface area contributed by atoms with Gasteiger partial charge in [-0.15, -0.1) is 0 Å². The normalized spacial score (nSPS) is 10.6. The van der Waals surface area contributed by atoms with Gasteiger partial charge in [0.05, 0.1) is 11.4 Å². The van der Waals surface area contributed by atoms with Crippen LogP contribution in [0.25, 0.3) is 5.69 Å². The lowest BCUT2D eigenvalue weighted by Gasteiger charge is -2.08. The number of hydrogen-bond donors (Lipinski definition) is 1. The molecule has 1 heterocycles. The van der Waals surface area contributed by atoms with Crippen molar-refractivity contribution in [2.45, 2.75) is 24.9 Å². The summed E-state index contributed by atoms with van der Waals surface area (Å²) in [5, 5.41) is 3.53. The third kappa shape index (κ3) is 4.60. The van der Waals surface area contributed by atoms with Gasteiger partial charge in [0.2, 0.25) is 5.91 Å². The summed E-state index contributed by atoms with van der Waals surface area (Å²) < 4.78 is 15.0. The molecule has 0 saturated carbocycles. The van der Waals surface area contributed by atoms with Crippen molar-refractivity contribution in [1.82, 2.24) is 14.9 Å². The number of unbranched alkanes of at least 4 members (excludes halogenated alkanes) is 1. The number of thioether (sulfide) groups is 1.